The Labute approximate surface area is 159 Å². The van der Waals surface area contributed by atoms with Crippen LogP contribution in [-0.4, -0.2) is 33.1 Å². The van der Waals surface area contributed by atoms with Gasteiger partial charge in [-0.25, -0.2) is 9.97 Å². The lowest BCUT2D eigenvalue weighted by Crippen LogP contribution is -2.48. The summed E-state index contributed by atoms with van der Waals surface area (Å²) in [6, 6.07) is 10.1. The maximum Gasteiger partial charge on any atom is 0.270 e. The number of nitrogens with zero attached hydrogens (tertiary/aromatic N) is 2. The number of aliphatic hydroxyl groups excluding tert-OH is 1. The molecule has 1 heterocycles. The minimum Gasteiger partial charge on any atom is -0.393 e. The molecule has 0 unspecified atom stereocenters. The van der Waals surface area contributed by atoms with Crippen LogP contribution in [-0.2, 0) is 19.3 Å². The Morgan fingerprint density at radius 1 is 1.19 bits per heavy atom. The first-order valence-electron chi connectivity index (χ1n) is 9.78. The molecule has 1 amide bonds. The highest BCUT2D eigenvalue weighted by Gasteiger charge is 2.35. The number of anilines is 1. The number of hydrogen-bond donors (Lipinski definition) is 3. The largest absolute Gasteiger partial charge is 0.393 e. The third kappa shape index (κ3) is 3.95. The van der Waals surface area contributed by atoms with Crippen molar-refractivity contribution in [3.05, 3.63) is 52.8 Å². The Morgan fingerprint density at radius 3 is 2.67 bits per heavy atom. The summed E-state index contributed by atoms with van der Waals surface area (Å²) in [5, 5.41) is 12.9. The van der Waals surface area contributed by atoms with Crippen molar-refractivity contribution in [1.82, 2.24) is 15.3 Å². The number of rotatable bonds is 5. The van der Waals surface area contributed by atoms with Crippen LogP contribution in [0.25, 0.3) is 0 Å². The highest BCUT2D eigenvalue weighted by molar-refractivity contribution is 5.94. The third-order valence-corrected chi connectivity index (χ3v) is 5.75. The monoisotopic (exact) mass is 366 g/mol. The molecule has 4 N–H and O–H groups in total. The van der Waals surface area contributed by atoms with Gasteiger partial charge in [-0.05, 0) is 56.4 Å². The van der Waals surface area contributed by atoms with Crippen LogP contribution < -0.4 is 11.1 Å². The number of aliphatic hydroxyl groups is 1. The molecule has 1 aromatic carbocycles. The zero-order valence-electron chi connectivity index (χ0n) is 15.4. The summed E-state index contributed by atoms with van der Waals surface area (Å²) in [6.45, 7) is 0. The number of aryl methyl sites for hydroxylation is 1. The van der Waals surface area contributed by atoms with Crippen molar-refractivity contribution in [2.24, 2.45) is 5.92 Å². The maximum absolute atomic E-state index is 13.1. The van der Waals surface area contributed by atoms with Gasteiger partial charge in [0.1, 0.15) is 5.69 Å². The van der Waals surface area contributed by atoms with E-state index in [0.29, 0.717) is 5.69 Å². The zero-order valence-corrected chi connectivity index (χ0v) is 15.4. The number of hydrogen-bond acceptors (Lipinski definition) is 5. The van der Waals surface area contributed by atoms with Gasteiger partial charge < -0.3 is 16.2 Å². The minimum absolute atomic E-state index is 0.0290. The van der Waals surface area contributed by atoms with Gasteiger partial charge in [-0.3, -0.25) is 4.79 Å². The van der Waals surface area contributed by atoms with E-state index in [1.54, 1.807) is 0 Å². The number of carbonyl (C=O) groups is 1. The van der Waals surface area contributed by atoms with Crippen LogP contribution in [0.2, 0.25) is 0 Å². The lowest BCUT2D eigenvalue weighted by molar-refractivity contribution is 0.0238. The van der Waals surface area contributed by atoms with Crippen molar-refractivity contribution >= 4 is 11.9 Å². The second kappa shape index (κ2) is 7.64. The van der Waals surface area contributed by atoms with E-state index in [1.807, 2.05) is 18.2 Å². The quantitative estimate of drug-likeness (QED) is 0.752. The van der Waals surface area contributed by atoms with Crippen LogP contribution in [0.5, 0.6) is 0 Å². The molecule has 27 heavy (non-hydrogen) atoms. The Hall–Kier alpha value is -2.47. The molecule has 6 nitrogen and oxygen atoms in total. The fourth-order valence-corrected chi connectivity index (χ4v) is 4.20. The molecule has 142 valence electrons. The molecule has 0 spiro atoms. The molecule has 0 radical (unpaired) electrons. The molecule has 2 aliphatic carbocycles. The van der Waals surface area contributed by atoms with E-state index >= 15 is 0 Å². The Balaban J connectivity index is 1.56. The van der Waals surface area contributed by atoms with Gasteiger partial charge in [0.05, 0.1) is 6.10 Å². The number of nitrogens with two attached hydrogens (primary N) is 1. The van der Waals surface area contributed by atoms with Gasteiger partial charge in [0.15, 0.2) is 0 Å². The molecular weight excluding hydrogens is 340 g/mol. The number of fused-ring (bicyclic) bond motifs is 1. The summed E-state index contributed by atoms with van der Waals surface area (Å²) >= 11 is 0. The number of aromatic nitrogens is 2. The van der Waals surface area contributed by atoms with Crippen LogP contribution in [0.15, 0.2) is 30.3 Å². The molecule has 0 bridgehead atoms. The van der Waals surface area contributed by atoms with E-state index < -0.39 is 0 Å². The van der Waals surface area contributed by atoms with E-state index in [4.69, 9.17) is 5.73 Å². The number of nitrogen functional groups attached to an aromatic ring is 1. The van der Waals surface area contributed by atoms with Crippen LogP contribution >= 0.6 is 0 Å². The normalized spacial score (nSPS) is 22.4. The summed E-state index contributed by atoms with van der Waals surface area (Å²) in [7, 11) is 0. The van der Waals surface area contributed by atoms with Gasteiger partial charge >= 0.3 is 0 Å². The van der Waals surface area contributed by atoms with E-state index in [0.717, 1.165) is 56.2 Å². The fourth-order valence-electron chi connectivity index (χ4n) is 4.20. The average Bonchev–Trinajstić information content (AvgIpc) is 2.65. The molecule has 2 aromatic rings. The lowest BCUT2D eigenvalue weighted by Gasteiger charge is -2.38. The van der Waals surface area contributed by atoms with Gasteiger partial charge in [0, 0.05) is 17.3 Å². The van der Waals surface area contributed by atoms with Gasteiger partial charge in [-0.2, -0.15) is 0 Å². The standard InChI is InChI=1S/C21H26N4O2/c22-21-24-17-9-5-4-8-16(17)19(25-21)20(27)23-18(14-11-15(26)12-14)10-13-6-2-1-3-7-13/h1-3,6-7,14-15,18,26H,4-5,8-12H2,(H,23,27)(H2,22,24,25)/t14?,15?,18-/m0/s1. The number of amides is 1. The molecule has 4 rings (SSSR count). The van der Waals surface area contributed by atoms with Crippen LogP contribution in [0, 0.1) is 5.92 Å². The second-order valence-electron chi connectivity index (χ2n) is 7.72. The highest BCUT2D eigenvalue weighted by Crippen LogP contribution is 2.32. The topological polar surface area (TPSA) is 101 Å². The molecule has 1 saturated carbocycles. The molecular formula is C21H26N4O2. The van der Waals surface area contributed by atoms with Crippen LogP contribution in [0.1, 0.15) is 53.0 Å². The summed E-state index contributed by atoms with van der Waals surface area (Å²) in [5.41, 5.74) is 9.31. The molecule has 1 aromatic heterocycles. The van der Waals surface area contributed by atoms with Crippen molar-refractivity contribution in [3.8, 4) is 0 Å². The average molecular weight is 366 g/mol. The lowest BCUT2D eigenvalue weighted by atomic mass is 9.75. The molecule has 0 saturated heterocycles. The molecule has 6 heteroatoms. The van der Waals surface area contributed by atoms with Gasteiger partial charge in [-0.15, -0.1) is 0 Å². The first-order chi connectivity index (χ1) is 13.1. The first-order valence-corrected chi connectivity index (χ1v) is 9.78. The number of carbonyl (C=O) groups excluding carboxylic acids is 1. The van der Waals surface area contributed by atoms with Gasteiger partial charge in [0.25, 0.3) is 5.91 Å². The van der Waals surface area contributed by atoms with Crippen molar-refractivity contribution in [3.63, 3.8) is 0 Å². The number of benzene rings is 1. The number of nitrogens with one attached hydrogen (secondary N) is 1. The van der Waals surface area contributed by atoms with Crippen molar-refractivity contribution < 1.29 is 9.90 Å². The van der Waals surface area contributed by atoms with Crippen LogP contribution in [0.4, 0.5) is 5.95 Å². The van der Waals surface area contributed by atoms with Crippen LogP contribution in [0.3, 0.4) is 0 Å². The van der Waals surface area contributed by atoms with Gasteiger partial charge in [-0.1, -0.05) is 30.3 Å². The predicted molar refractivity (Wildman–Crippen MR) is 103 cm³/mol. The Kier molecular flexibility index (Phi) is 5.07. The van der Waals surface area contributed by atoms with Crippen molar-refractivity contribution in [2.75, 3.05) is 5.73 Å². The smallest absolute Gasteiger partial charge is 0.270 e. The summed E-state index contributed by atoms with van der Waals surface area (Å²) < 4.78 is 0. The maximum atomic E-state index is 13.1. The van der Waals surface area contributed by atoms with E-state index in [1.165, 1.54) is 5.56 Å². The summed E-state index contributed by atoms with van der Waals surface area (Å²) in [4.78, 5) is 21.7. The minimum atomic E-state index is -0.257. The highest BCUT2D eigenvalue weighted by atomic mass is 16.3. The molecule has 0 aliphatic heterocycles. The van der Waals surface area contributed by atoms with E-state index in [-0.39, 0.29) is 29.9 Å². The Bertz CT molecular complexity index is 818. The second-order valence-corrected chi connectivity index (χ2v) is 7.72. The van der Waals surface area contributed by atoms with Crippen molar-refractivity contribution in [2.45, 2.75) is 57.1 Å². The first kappa shape index (κ1) is 17.9. The fraction of sp³-hybridized carbons (Fsp3) is 0.476. The summed E-state index contributed by atoms with van der Waals surface area (Å²) in [5.74, 6) is 0.267. The zero-order chi connectivity index (χ0) is 18.8. The predicted octanol–water partition coefficient (Wildman–Crippen LogP) is 2.05. The third-order valence-electron chi connectivity index (χ3n) is 5.75. The van der Waals surface area contributed by atoms with Crippen molar-refractivity contribution in [1.29, 1.82) is 0 Å². The molecule has 1 fully saturated rings. The van der Waals surface area contributed by atoms with E-state index in [9.17, 15) is 9.90 Å². The Morgan fingerprint density at radius 2 is 1.93 bits per heavy atom. The SMILES string of the molecule is Nc1nc2c(c(C(=O)N[C@@H](Cc3ccccc3)C3CC(O)C3)n1)CCCC2. The van der Waals surface area contributed by atoms with Gasteiger partial charge in [0.2, 0.25) is 5.95 Å². The molecule has 2 aliphatic rings. The summed E-state index contributed by atoms with van der Waals surface area (Å²) in [6.07, 6.45) is 5.72. The van der Waals surface area contributed by atoms with E-state index in [2.05, 4.69) is 27.4 Å². The molecule has 1 atom stereocenters.